The van der Waals surface area contributed by atoms with Gasteiger partial charge < -0.3 is 4.74 Å². The minimum atomic E-state index is -0.471. The first-order chi connectivity index (χ1) is 8.61. The van der Waals surface area contributed by atoms with Gasteiger partial charge in [-0.1, -0.05) is 59.4 Å². The van der Waals surface area contributed by atoms with Crippen molar-refractivity contribution < 1.29 is 9.53 Å². The van der Waals surface area contributed by atoms with E-state index in [-0.39, 0.29) is 21.2 Å². The van der Waals surface area contributed by atoms with E-state index < -0.39 is 4.32 Å². The van der Waals surface area contributed by atoms with Crippen molar-refractivity contribution in [3.63, 3.8) is 0 Å². The van der Waals surface area contributed by atoms with Crippen molar-refractivity contribution in [3.8, 4) is 0 Å². The van der Waals surface area contributed by atoms with Gasteiger partial charge in [-0.15, -0.1) is 23.2 Å². The molecule has 2 nitrogen and oxygen atoms in total. The Morgan fingerprint density at radius 2 is 1.95 bits per heavy atom. The first-order valence-corrected chi connectivity index (χ1v) is 9.22. The van der Waals surface area contributed by atoms with Gasteiger partial charge in [0, 0.05) is 19.2 Å². The molecule has 0 saturated heterocycles. The zero-order valence-corrected chi connectivity index (χ0v) is 17.2. The third-order valence-electron chi connectivity index (χ3n) is 2.55. The van der Waals surface area contributed by atoms with E-state index in [1.54, 1.807) is 0 Å². The molecule has 0 rings (SSSR count). The summed E-state index contributed by atoms with van der Waals surface area (Å²) in [7, 11) is 0. The van der Waals surface area contributed by atoms with E-state index in [4.69, 9.17) is 27.9 Å². The molecule has 0 aliphatic rings. The maximum Gasteiger partial charge on any atom is 0.302 e. The molecule has 19 heavy (non-hydrogen) atoms. The van der Waals surface area contributed by atoms with Crippen molar-refractivity contribution >= 4 is 77.0 Å². The molecule has 0 fully saturated rings. The summed E-state index contributed by atoms with van der Waals surface area (Å²) in [5.74, 6) is 0.00916. The Kier molecular flexibility index (Phi) is 9.89. The van der Waals surface area contributed by atoms with E-state index in [9.17, 15) is 4.79 Å². The van der Waals surface area contributed by atoms with Gasteiger partial charge in [0.25, 0.3) is 0 Å². The molecular weight excluding hydrogens is 487 g/mol. The van der Waals surface area contributed by atoms with E-state index in [0.717, 1.165) is 5.57 Å². The van der Waals surface area contributed by atoms with E-state index in [0.29, 0.717) is 12.3 Å². The molecule has 0 heterocycles. The van der Waals surface area contributed by atoms with Crippen molar-refractivity contribution in [1.82, 2.24) is 0 Å². The Balaban J connectivity index is 4.84. The van der Waals surface area contributed by atoms with Crippen LogP contribution in [-0.2, 0) is 9.53 Å². The van der Waals surface area contributed by atoms with E-state index in [1.807, 2.05) is 19.9 Å². The second kappa shape index (κ2) is 9.29. The van der Waals surface area contributed by atoms with Crippen LogP contribution < -0.4 is 0 Å². The second-order valence-electron chi connectivity index (χ2n) is 4.43. The highest BCUT2D eigenvalue weighted by molar-refractivity contribution is 9.24. The minimum Gasteiger partial charge on any atom is -0.461 e. The highest BCUT2D eigenvalue weighted by Crippen LogP contribution is 2.30. The largest absolute Gasteiger partial charge is 0.461 e. The van der Waals surface area contributed by atoms with Crippen LogP contribution in [0.4, 0.5) is 0 Å². The van der Waals surface area contributed by atoms with Gasteiger partial charge in [0.1, 0.15) is 6.10 Å². The molecular formula is C12H17Br3Cl2O2. The van der Waals surface area contributed by atoms with Crippen LogP contribution >= 0.6 is 71.0 Å². The van der Waals surface area contributed by atoms with Crippen LogP contribution in [0.1, 0.15) is 27.2 Å². The van der Waals surface area contributed by atoms with Crippen LogP contribution in [0.15, 0.2) is 11.6 Å². The molecule has 0 aromatic carbocycles. The van der Waals surface area contributed by atoms with Gasteiger partial charge in [0.15, 0.2) is 0 Å². The molecule has 112 valence electrons. The molecule has 3 atom stereocenters. The second-order valence-corrected chi connectivity index (χ2v) is 10.2. The predicted molar refractivity (Wildman–Crippen MR) is 93.3 cm³/mol. The lowest BCUT2D eigenvalue weighted by Gasteiger charge is -2.29. The first-order valence-electron chi connectivity index (χ1n) is 5.62. The van der Waals surface area contributed by atoms with Gasteiger partial charge in [-0.2, -0.15) is 0 Å². The van der Waals surface area contributed by atoms with Crippen molar-refractivity contribution in [1.29, 1.82) is 0 Å². The quantitative estimate of drug-likeness (QED) is 0.265. The molecule has 0 saturated carbocycles. The summed E-state index contributed by atoms with van der Waals surface area (Å²) in [5, 5.41) is -0.171. The fraction of sp³-hybridized carbons (Fsp3) is 0.750. The topological polar surface area (TPSA) is 26.3 Å². The lowest BCUT2D eigenvalue weighted by Crippen LogP contribution is -2.38. The molecule has 0 aromatic heterocycles. The number of carbonyl (C=O) groups excluding carboxylic acids is 1. The van der Waals surface area contributed by atoms with E-state index in [1.165, 1.54) is 6.92 Å². The fourth-order valence-corrected chi connectivity index (χ4v) is 2.68. The number of carbonyl (C=O) groups is 1. The smallest absolute Gasteiger partial charge is 0.302 e. The lowest BCUT2D eigenvalue weighted by molar-refractivity contribution is -0.147. The minimum absolute atomic E-state index is 0.00604. The summed E-state index contributed by atoms with van der Waals surface area (Å²) in [6.45, 7) is 5.22. The molecule has 0 spiro atoms. The predicted octanol–water partition coefficient (Wildman–Crippen LogP) is 5.37. The van der Waals surface area contributed by atoms with Crippen LogP contribution in [0.3, 0.4) is 0 Å². The SMILES string of the molecule is CC(=O)O[C@H](C/C=C(\C)[C@H](Cl)C(Br)Br)[C@@](C)(Br)CCl. The molecule has 0 unspecified atom stereocenters. The van der Waals surface area contributed by atoms with Gasteiger partial charge in [0.2, 0.25) is 0 Å². The van der Waals surface area contributed by atoms with Gasteiger partial charge in [0.05, 0.1) is 13.4 Å². The van der Waals surface area contributed by atoms with Crippen LogP contribution in [0.2, 0.25) is 0 Å². The number of esters is 1. The average Bonchev–Trinajstić information content (AvgIpc) is 2.32. The van der Waals surface area contributed by atoms with Crippen molar-refractivity contribution in [2.24, 2.45) is 0 Å². The summed E-state index contributed by atoms with van der Waals surface area (Å²) >= 11 is 22.3. The van der Waals surface area contributed by atoms with Gasteiger partial charge in [-0.25, -0.2) is 0 Å². The van der Waals surface area contributed by atoms with E-state index in [2.05, 4.69) is 47.8 Å². The monoisotopic (exact) mass is 500 g/mol. The van der Waals surface area contributed by atoms with Crippen LogP contribution in [-0.4, -0.2) is 31.4 Å². The molecule has 0 bridgehead atoms. The Bertz CT molecular complexity index is 333. The summed E-state index contributed by atoms with van der Waals surface area (Å²) in [6, 6.07) is 0. The number of alkyl halides is 5. The van der Waals surface area contributed by atoms with Crippen molar-refractivity contribution in [2.75, 3.05) is 5.88 Å². The lowest BCUT2D eigenvalue weighted by atomic mass is 10.0. The Labute approximate surface area is 150 Å². The first kappa shape index (κ1) is 20.2. The number of hydrogen-bond acceptors (Lipinski definition) is 2. The molecule has 0 aromatic rings. The number of allylic oxidation sites excluding steroid dienone is 1. The Hall–Kier alpha value is 1.23. The zero-order chi connectivity index (χ0) is 15.2. The van der Waals surface area contributed by atoms with Crippen molar-refractivity contribution in [2.45, 2.75) is 46.7 Å². The molecule has 0 radical (unpaired) electrons. The number of hydrogen-bond donors (Lipinski definition) is 0. The van der Waals surface area contributed by atoms with Crippen molar-refractivity contribution in [3.05, 3.63) is 11.6 Å². The average molecular weight is 504 g/mol. The van der Waals surface area contributed by atoms with Gasteiger partial charge >= 0.3 is 5.97 Å². The zero-order valence-electron chi connectivity index (χ0n) is 10.9. The third kappa shape index (κ3) is 7.70. The maximum absolute atomic E-state index is 11.2. The third-order valence-corrected chi connectivity index (χ3v) is 6.48. The maximum atomic E-state index is 11.2. The number of ether oxygens (including phenoxy) is 1. The highest BCUT2D eigenvalue weighted by Gasteiger charge is 2.33. The molecule has 0 aliphatic carbocycles. The standard InChI is InChI=1S/C12H17Br3Cl2O2/c1-7(10(17)11(13)14)4-5-9(19-8(2)18)12(3,15)6-16/h4,9-11H,5-6H2,1-3H3/b7-4+/t9-,10+,12+/m1/s1. The summed E-state index contributed by atoms with van der Waals surface area (Å²) in [5.41, 5.74) is 0.996. The summed E-state index contributed by atoms with van der Waals surface area (Å²) in [4.78, 5) is 11.2. The number of halogens is 5. The highest BCUT2D eigenvalue weighted by atomic mass is 79.9. The van der Waals surface area contributed by atoms with E-state index >= 15 is 0 Å². The fourth-order valence-electron chi connectivity index (χ4n) is 1.31. The number of rotatable bonds is 7. The summed E-state index contributed by atoms with van der Waals surface area (Å²) in [6.07, 6.45) is 2.17. The molecule has 7 heteroatoms. The normalized spacial score (nSPS) is 18.9. The molecule has 0 amide bonds. The Morgan fingerprint density at radius 3 is 2.32 bits per heavy atom. The van der Waals surface area contributed by atoms with Crippen LogP contribution in [0.25, 0.3) is 0 Å². The summed E-state index contributed by atoms with van der Waals surface area (Å²) < 4.78 is 4.84. The van der Waals surface area contributed by atoms with Gasteiger partial charge in [-0.05, 0) is 13.8 Å². The van der Waals surface area contributed by atoms with Crippen LogP contribution in [0.5, 0.6) is 0 Å². The van der Waals surface area contributed by atoms with Crippen LogP contribution in [0, 0.1) is 0 Å². The van der Waals surface area contributed by atoms with Gasteiger partial charge in [-0.3, -0.25) is 4.79 Å². The Morgan fingerprint density at radius 1 is 1.42 bits per heavy atom. The molecule has 0 aliphatic heterocycles. The molecule has 0 N–H and O–H groups in total.